The van der Waals surface area contributed by atoms with E-state index in [0.717, 1.165) is 0 Å². The van der Waals surface area contributed by atoms with Crippen LogP contribution in [0.15, 0.2) is 0 Å². The fraction of sp³-hybridized carbons (Fsp3) is 0.946. The van der Waals surface area contributed by atoms with Crippen LogP contribution in [0.2, 0.25) is 0 Å². The maximum Gasteiger partial charge on any atom is 0.311 e. The molecule has 0 aliphatic carbocycles. The van der Waals surface area contributed by atoms with E-state index >= 15 is 0 Å². The lowest BCUT2D eigenvalue weighted by atomic mass is 9.73. The first-order valence-electron chi connectivity index (χ1n) is 18.7. The molecule has 304 valence electrons. The molecule has 52 heavy (non-hydrogen) atoms. The topological polar surface area (TPSA) is 214 Å². The van der Waals surface area contributed by atoms with Crippen LogP contribution < -0.4 is 0 Å². The van der Waals surface area contributed by atoms with Crippen molar-refractivity contribution in [3.63, 3.8) is 0 Å². The second kappa shape index (κ2) is 17.6. The zero-order valence-electron chi connectivity index (χ0n) is 33.1. The second-order valence-electron chi connectivity index (χ2n) is 16.4. The third kappa shape index (κ3) is 9.36. The van der Waals surface area contributed by atoms with Crippen LogP contribution in [0.5, 0.6) is 0 Å². The van der Waals surface area contributed by atoms with Crippen LogP contribution >= 0.6 is 0 Å². The summed E-state index contributed by atoms with van der Waals surface area (Å²) in [6.45, 7) is 13.6. The summed E-state index contributed by atoms with van der Waals surface area (Å²) in [7, 11) is 5.13. The third-order valence-electron chi connectivity index (χ3n) is 11.9. The van der Waals surface area contributed by atoms with Crippen LogP contribution in [-0.4, -0.2) is 159 Å². The van der Waals surface area contributed by atoms with Crippen molar-refractivity contribution >= 4 is 11.8 Å². The summed E-state index contributed by atoms with van der Waals surface area (Å²) in [6, 6.07) is -0.345. The third-order valence-corrected chi connectivity index (χ3v) is 11.9. The summed E-state index contributed by atoms with van der Waals surface area (Å²) in [6.07, 6.45) is -10.7. The van der Waals surface area contributed by atoms with Crippen molar-refractivity contribution in [2.24, 2.45) is 23.7 Å². The smallest absolute Gasteiger partial charge is 0.311 e. The summed E-state index contributed by atoms with van der Waals surface area (Å²) in [4.78, 5) is 29.8. The lowest BCUT2D eigenvalue weighted by Crippen LogP contribution is -2.62. The van der Waals surface area contributed by atoms with Crippen molar-refractivity contribution in [3.8, 4) is 0 Å². The predicted octanol–water partition coefficient (Wildman–Crippen LogP) is 0.758. The molecule has 0 aromatic rings. The van der Waals surface area contributed by atoms with E-state index in [4.69, 9.17) is 28.4 Å². The molecule has 0 aromatic carbocycles. The molecule has 0 unspecified atom stereocenters. The summed E-state index contributed by atoms with van der Waals surface area (Å²) < 4.78 is 36.9. The molecule has 15 heteroatoms. The van der Waals surface area contributed by atoms with Crippen molar-refractivity contribution in [2.75, 3.05) is 27.8 Å². The van der Waals surface area contributed by atoms with E-state index in [1.54, 1.807) is 41.5 Å². The Labute approximate surface area is 308 Å². The Kier molecular flexibility index (Phi) is 15.3. The van der Waals surface area contributed by atoms with Crippen LogP contribution in [0.4, 0.5) is 0 Å². The molecule has 18 atom stereocenters. The minimum Gasteiger partial charge on any atom is -0.459 e. The molecule has 6 N–H and O–H groups in total. The fourth-order valence-electron chi connectivity index (χ4n) is 8.46. The first-order chi connectivity index (χ1) is 24.0. The number of ketones is 1. The van der Waals surface area contributed by atoms with Gasteiger partial charge in [-0.05, 0) is 68.0 Å². The lowest BCUT2D eigenvalue weighted by molar-refractivity contribution is -0.318. The minimum absolute atomic E-state index is 0.0139. The summed E-state index contributed by atoms with van der Waals surface area (Å²) in [5, 5.41) is 68.1. The van der Waals surface area contributed by atoms with E-state index in [1.807, 2.05) is 25.9 Å². The molecule has 0 radical (unpaired) electrons. The Morgan fingerprint density at radius 2 is 1.52 bits per heavy atom. The van der Waals surface area contributed by atoms with E-state index in [-0.39, 0.29) is 31.4 Å². The Hall–Kier alpha value is -1.34. The van der Waals surface area contributed by atoms with Gasteiger partial charge in [0.15, 0.2) is 18.2 Å². The van der Waals surface area contributed by atoms with Crippen LogP contribution in [0.3, 0.4) is 0 Å². The van der Waals surface area contributed by atoms with Gasteiger partial charge < -0.3 is 64.0 Å². The molecular weight excluding hydrogens is 682 g/mol. The highest BCUT2D eigenvalue weighted by Gasteiger charge is 2.54. The number of nitrogens with zero attached hydrogens (tertiary/aromatic N) is 1. The maximum atomic E-state index is 14.1. The number of carbonyl (C=O) groups is 2. The first kappa shape index (κ1) is 45.1. The van der Waals surface area contributed by atoms with Gasteiger partial charge in [0.05, 0.1) is 54.2 Å². The van der Waals surface area contributed by atoms with Gasteiger partial charge >= 0.3 is 5.97 Å². The van der Waals surface area contributed by atoms with Gasteiger partial charge in [-0.15, -0.1) is 0 Å². The standard InChI is InChI=1S/C37H67NO14/c1-13-25-37(46,17-39)30(42)20(4)27(40)18(2)15-35(8,45)32(52-34-28(41)24(38(10)11)14-19(3)48-34)21(5)29(22(6)33(44)50-25)51-26-16-36(9,47-12)31(43)23(7)49-26/h18-26,28-32,34,39,41-43,45-46H,13-17H2,1-12H3/t18-,19-,20+,21+,22-,23+,24+,25-,26+,28-,29+,30-,31+,32-,34+,35-,36-,37-/m1/s1. The van der Waals surface area contributed by atoms with Gasteiger partial charge in [-0.25, -0.2) is 0 Å². The second-order valence-corrected chi connectivity index (χ2v) is 16.4. The molecule has 0 saturated carbocycles. The number of Topliss-reactive ketones (excluding diaryl/α,β-unsaturated/α-hetero) is 1. The van der Waals surface area contributed by atoms with Crippen molar-refractivity contribution in [1.29, 1.82) is 0 Å². The van der Waals surface area contributed by atoms with E-state index in [1.165, 1.54) is 21.0 Å². The van der Waals surface area contributed by atoms with Crippen molar-refractivity contribution < 1.29 is 68.6 Å². The first-order valence-corrected chi connectivity index (χ1v) is 18.7. The number of methoxy groups -OCH3 is 1. The van der Waals surface area contributed by atoms with Gasteiger partial charge in [0.1, 0.15) is 24.1 Å². The number of aliphatic hydroxyl groups is 6. The minimum atomic E-state index is -2.40. The van der Waals surface area contributed by atoms with Crippen LogP contribution in [-0.2, 0) is 38.0 Å². The average molecular weight is 750 g/mol. The van der Waals surface area contributed by atoms with Gasteiger partial charge in [-0.3, -0.25) is 9.59 Å². The van der Waals surface area contributed by atoms with Crippen molar-refractivity contribution in [1.82, 2.24) is 4.90 Å². The molecule has 3 aliphatic heterocycles. The number of hydrogen-bond acceptors (Lipinski definition) is 15. The molecule has 15 nitrogen and oxygen atoms in total. The van der Waals surface area contributed by atoms with Crippen LogP contribution in [0.25, 0.3) is 0 Å². The van der Waals surface area contributed by atoms with Gasteiger partial charge in [-0.2, -0.15) is 0 Å². The largest absolute Gasteiger partial charge is 0.459 e. The molecule has 0 bridgehead atoms. The highest BCUT2D eigenvalue weighted by atomic mass is 16.7. The summed E-state index contributed by atoms with van der Waals surface area (Å²) in [5.74, 6) is -5.55. The number of rotatable bonds is 8. The Morgan fingerprint density at radius 1 is 0.904 bits per heavy atom. The Balaban J connectivity index is 2.20. The number of esters is 1. The highest BCUT2D eigenvalue weighted by Crippen LogP contribution is 2.40. The summed E-state index contributed by atoms with van der Waals surface area (Å²) in [5.41, 5.74) is -5.32. The molecular formula is C37H67NO14. The van der Waals surface area contributed by atoms with Crippen LogP contribution in [0.1, 0.15) is 88.0 Å². The zero-order chi connectivity index (χ0) is 39.7. The number of cyclic esters (lactones) is 1. The lowest BCUT2D eigenvalue weighted by Gasteiger charge is -2.49. The van der Waals surface area contributed by atoms with Crippen LogP contribution in [0, 0.1) is 23.7 Å². The Morgan fingerprint density at radius 3 is 2.06 bits per heavy atom. The normalized spacial score (nSPS) is 49.0. The van der Waals surface area contributed by atoms with Crippen molar-refractivity contribution in [3.05, 3.63) is 0 Å². The van der Waals surface area contributed by atoms with E-state index in [2.05, 4.69) is 0 Å². The van der Waals surface area contributed by atoms with Gasteiger partial charge in [-0.1, -0.05) is 27.7 Å². The molecule has 3 rings (SSSR count). The molecule has 3 saturated heterocycles. The quantitative estimate of drug-likeness (QED) is 0.189. The average Bonchev–Trinajstić information content (AvgIpc) is 3.08. The molecule has 3 heterocycles. The predicted molar refractivity (Wildman–Crippen MR) is 188 cm³/mol. The van der Waals surface area contributed by atoms with E-state index in [9.17, 15) is 40.2 Å². The van der Waals surface area contributed by atoms with Crippen molar-refractivity contribution in [2.45, 2.75) is 172 Å². The zero-order valence-corrected chi connectivity index (χ0v) is 33.1. The number of aliphatic hydroxyl groups excluding tert-OH is 4. The molecule has 3 aliphatic rings. The Bertz CT molecular complexity index is 1190. The highest BCUT2D eigenvalue weighted by molar-refractivity contribution is 5.83. The van der Waals surface area contributed by atoms with E-state index < -0.39 is 114 Å². The maximum absolute atomic E-state index is 14.1. The molecule has 3 fully saturated rings. The number of hydrogen-bond donors (Lipinski definition) is 6. The monoisotopic (exact) mass is 749 g/mol. The van der Waals surface area contributed by atoms with Gasteiger partial charge in [0, 0.05) is 37.3 Å². The SMILES string of the molecule is CC[C@H]1OC(=O)[C@H](C)[C@@H](O[C@H]2C[C@@](C)(OC)[C@@H](O)[C@H](C)O2)[C@H](C)[C@@H](O[C@@H]2O[C@H](C)C[C@H](N(C)C)[C@H]2O)[C@](C)(O)C[C@@H](C)C(=O)[C@H](C)[C@@H](O)[C@@]1(O)CO. The number of likely N-dealkylation sites (N-methyl/N-ethyl adjacent to an activating group) is 1. The van der Waals surface area contributed by atoms with Gasteiger partial charge in [0.2, 0.25) is 0 Å². The molecule has 0 spiro atoms. The van der Waals surface area contributed by atoms with Gasteiger partial charge in [0.25, 0.3) is 0 Å². The molecule has 0 amide bonds. The van der Waals surface area contributed by atoms with E-state index in [0.29, 0.717) is 6.42 Å². The number of carbonyl (C=O) groups excluding carboxylic acids is 2. The number of ether oxygens (including phenoxy) is 6. The molecule has 0 aromatic heterocycles. The summed E-state index contributed by atoms with van der Waals surface area (Å²) >= 11 is 0. The fourth-order valence-corrected chi connectivity index (χ4v) is 8.46.